The van der Waals surface area contributed by atoms with Crippen LogP contribution in [0, 0.1) is 0 Å². The molecule has 0 aromatic heterocycles. The van der Waals surface area contributed by atoms with E-state index in [4.69, 9.17) is 0 Å². The lowest BCUT2D eigenvalue weighted by atomic mass is 10.0. The first-order chi connectivity index (χ1) is 7.87. The predicted octanol–water partition coefficient (Wildman–Crippen LogP) is 6.15. The molecule has 2 aliphatic rings. The third kappa shape index (κ3) is 0.914. The van der Waals surface area contributed by atoms with Crippen molar-refractivity contribution in [3.63, 3.8) is 0 Å². The summed E-state index contributed by atoms with van der Waals surface area (Å²) >= 11 is 0. The lowest BCUT2D eigenvalue weighted by Gasteiger charge is -2.32. The van der Waals surface area contributed by atoms with Crippen molar-refractivity contribution in [2.45, 2.75) is 101 Å². The summed E-state index contributed by atoms with van der Waals surface area (Å²) in [5.41, 5.74) is 0. The summed E-state index contributed by atoms with van der Waals surface area (Å²) in [5, 5.41) is 2.67. The third-order valence-electron chi connectivity index (χ3n) is 9.06. The van der Waals surface area contributed by atoms with Crippen molar-refractivity contribution in [2.75, 3.05) is 0 Å². The molecule has 2 rings (SSSR count). The zero-order chi connectivity index (χ0) is 14.4. The quantitative estimate of drug-likeness (QED) is 0.545. The monoisotopic (exact) mass is 282 g/mol. The largest absolute Gasteiger partial charge is 0.0679 e. The van der Waals surface area contributed by atoms with Gasteiger partial charge in [-0.25, -0.2) is 0 Å². The van der Waals surface area contributed by atoms with E-state index in [0.29, 0.717) is 20.2 Å². The Morgan fingerprint density at radius 3 is 0.722 bits per heavy atom. The Balaban J connectivity index is 2.63. The Kier molecular flexibility index (Phi) is 2.63. The number of rotatable bonds is 3. The van der Waals surface area contributed by atoms with Gasteiger partial charge in [0.05, 0.1) is 15.2 Å². The molecule has 0 aromatic rings. The third-order valence-corrected chi connectivity index (χ3v) is 37.2. The maximum absolute atomic E-state index is 2.61. The standard InChI is InChI=1S/C16H34Si2/c1-11-17(13(3,4)14(17,5)6)18(12-2)15(7,8)16(18,9)10/h11-12H2,1-10H3. The minimum Gasteiger partial charge on any atom is -0.0679 e. The zero-order valence-electron chi connectivity index (χ0n) is 14.4. The molecular weight excluding hydrogens is 248 g/mol. The first kappa shape index (κ1) is 14.8. The summed E-state index contributed by atoms with van der Waals surface area (Å²) in [6.07, 6.45) is 0. The van der Waals surface area contributed by atoms with E-state index in [1.165, 1.54) is 12.1 Å². The van der Waals surface area contributed by atoms with E-state index in [2.05, 4.69) is 69.2 Å². The predicted molar refractivity (Wildman–Crippen MR) is 88.6 cm³/mol. The summed E-state index contributed by atoms with van der Waals surface area (Å²) in [4.78, 5) is 0. The molecule has 18 heavy (non-hydrogen) atoms. The molecule has 0 amide bonds. The van der Waals surface area contributed by atoms with Crippen LogP contribution in [0.15, 0.2) is 0 Å². The first-order valence-electron chi connectivity index (χ1n) is 7.87. The van der Waals surface area contributed by atoms with Gasteiger partial charge < -0.3 is 0 Å². The number of hydrogen-bond acceptors (Lipinski definition) is 0. The smallest absolute Gasteiger partial charge is 0.0602 e. The molecule has 0 atom stereocenters. The molecule has 2 saturated heterocycles. The summed E-state index contributed by atoms with van der Waals surface area (Å²) < 4.78 is 0. The molecule has 106 valence electrons. The van der Waals surface area contributed by atoms with E-state index in [9.17, 15) is 0 Å². The summed E-state index contributed by atoms with van der Waals surface area (Å²) in [6, 6.07) is 3.06. The Bertz CT molecular complexity index is 322. The van der Waals surface area contributed by atoms with Crippen LogP contribution >= 0.6 is 0 Å². The normalized spacial score (nSPS) is 35.0. The minimum absolute atomic E-state index is 0.669. The molecule has 0 nitrogen and oxygen atoms in total. The summed E-state index contributed by atoms with van der Waals surface area (Å²) in [5.74, 6) is 0. The summed E-state index contributed by atoms with van der Waals surface area (Å²) in [6.45, 7) is 25.9. The van der Waals surface area contributed by atoms with Crippen molar-refractivity contribution in [1.29, 1.82) is 0 Å². The average molecular weight is 283 g/mol. The highest BCUT2D eigenvalue weighted by molar-refractivity contribution is 7.55. The SMILES string of the molecule is CC[Si]1([Si]2(CC)C(C)(C)C2(C)C)C(C)(C)C1(C)C. The first-order valence-corrected chi connectivity index (χ1v) is 13.3. The Labute approximate surface area is 117 Å². The maximum atomic E-state index is 2.61. The van der Waals surface area contributed by atoms with Crippen molar-refractivity contribution in [1.82, 2.24) is 0 Å². The molecule has 2 heterocycles. The summed E-state index contributed by atoms with van der Waals surface area (Å²) in [7, 11) is -2.26. The highest BCUT2D eigenvalue weighted by Crippen LogP contribution is 2.97. The van der Waals surface area contributed by atoms with Crippen molar-refractivity contribution >= 4 is 15.2 Å². The molecule has 2 fully saturated rings. The molecule has 2 heteroatoms. The van der Waals surface area contributed by atoms with E-state index < -0.39 is 15.2 Å². The lowest BCUT2D eigenvalue weighted by molar-refractivity contribution is 0.628. The van der Waals surface area contributed by atoms with Crippen LogP contribution in [0.3, 0.4) is 0 Å². The average Bonchev–Trinajstić information content (AvgIpc) is 2.74. The van der Waals surface area contributed by atoms with Gasteiger partial charge in [0.25, 0.3) is 0 Å². The molecule has 0 aliphatic carbocycles. The molecule has 0 saturated carbocycles. The molecule has 2 aliphatic heterocycles. The molecule has 0 N–H and O–H groups in total. The van der Waals surface area contributed by atoms with Gasteiger partial charge in [-0.3, -0.25) is 0 Å². The van der Waals surface area contributed by atoms with Gasteiger partial charge in [-0.15, -0.1) is 0 Å². The van der Waals surface area contributed by atoms with E-state index in [0.717, 1.165) is 0 Å². The van der Waals surface area contributed by atoms with Crippen molar-refractivity contribution < 1.29 is 0 Å². The molecule has 0 unspecified atom stereocenters. The second-order valence-corrected chi connectivity index (χ2v) is 24.2. The second kappa shape index (κ2) is 3.19. The van der Waals surface area contributed by atoms with Gasteiger partial charge in [0.15, 0.2) is 0 Å². The van der Waals surface area contributed by atoms with Gasteiger partial charge in [-0.05, 0) is 20.2 Å². The van der Waals surface area contributed by atoms with E-state index in [1.54, 1.807) is 0 Å². The molecule has 0 radical (unpaired) electrons. The highest BCUT2D eigenvalue weighted by atomic mass is 29.3. The van der Waals surface area contributed by atoms with Crippen LogP contribution in [0.25, 0.3) is 0 Å². The molecule has 0 aromatic carbocycles. The van der Waals surface area contributed by atoms with Gasteiger partial charge in [-0.1, -0.05) is 81.3 Å². The Morgan fingerprint density at radius 2 is 0.667 bits per heavy atom. The van der Waals surface area contributed by atoms with E-state index in [1.807, 2.05) is 0 Å². The van der Waals surface area contributed by atoms with Crippen molar-refractivity contribution in [2.24, 2.45) is 0 Å². The van der Waals surface area contributed by atoms with E-state index in [-0.39, 0.29) is 0 Å². The maximum Gasteiger partial charge on any atom is 0.0602 e. The molecular formula is C16H34Si2. The van der Waals surface area contributed by atoms with Crippen LogP contribution in [-0.2, 0) is 0 Å². The van der Waals surface area contributed by atoms with Crippen molar-refractivity contribution in [3.8, 4) is 0 Å². The van der Waals surface area contributed by atoms with Gasteiger partial charge in [0.2, 0.25) is 0 Å². The fraction of sp³-hybridized carbons (Fsp3) is 1.00. The fourth-order valence-corrected chi connectivity index (χ4v) is 43.5. The zero-order valence-corrected chi connectivity index (χ0v) is 16.4. The van der Waals surface area contributed by atoms with Crippen LogP contribution in [0.1, 0.15) is 69.2 Å². The van der Waals surface area contributed by atoms with Gasteiger partial charge in [0.1, 0.15) is 0 Å². The van der Waals surface area contributed by atoms with Gasteiger partial charge in [0, 0.05) is 0 Å². The lowest BCUT2D eigenvalue weighted by Crippen LogP contribution is -2.49. The van der Waals surface area contributed by atoms with E-state index >= 15 is 0 Å². The van der Waals surface area contributed by atoms with Crippen LogP contribution in [0.4, 0.5) is 0 Å². The van der Waals surface area contributed by atoms with Crippen LogP contribution in [0.5, 0.6) is 0 Å². The highest BCUT2D eigenvalue weighted by Gasteiger charge is 2.96. The fourth-order valence-electron chi connectivity index (χ4n) is 7.36. The number of hydrogen-bond donors (Lipinski definition) is 0. The molecule has 0 spiro atoms. The van der Waals surface area contributed by atoms with Crippen LogP contribution in [-0.4, -0.2) is 15.2 Å². The van der Waals surface area contributed by atoms with Crippen LogP contribution < -0.4 is 0 Å². The second-order valence-electron chi connectivity index (χ2n) is 9.02. The van der Waals surface area contributed by atoms with Crippen molar-refractivity contribution in [3.05, 3.63) is 0 Å². The van der Waals surface area contributed by atoms with Gasteiger partial charge >= 0.3 is 0 Å². The Hall–Kier alpha value is 0.434. The minimum atomic E-state index is -1.13. The molecule has 0 bridgehead atoms. The van der Waals surface area contributed by atoms with Crippen LogP contribution in [0.2, 0.25) is 32.2 Å². The topological polar surface area (TPSA) is 0 Å². The van der Waals surface area contributed by atoms with Gasteiger partial charge in [-0.2, -0.15) is 0 Å². The Morgan fingerprint density at radius 1 is 0.500 bits per heavy atom.